The van der Waals surface area contributed by atoms with Gasteiger partial charge in [-0.15, -0.1) is 0 Å². The highest BCUT2D eigenvalue weighted by Gasteiger charge is 2.15. The van der Waals surface area contributed by atoms with Crippen LogP contribution < -0.4 is 5.32 Å². The number of carbonyl (C=O) groups excluding carboxylic acids is 1. The first-order valence-electron chi connectivity index (χ1n) is 6.44. The standard InChI is InChI=1S/C12H24N2O6/c1-19-8-3-6-14(7-9-20-2)12(18)13-5-4-10(15)11(16)17/h10,15H,3-9H2,1-2H3,(H,13,18)(H,16,17). The molecule has 0 aliphatic heterocycles. The summed E-state index contributed by atoms with van der Waals surface area (Å²) in [7, 11) is 3.14. The number of carbonyl (C=O) groups is 2. The molecule has 1 atom stereocenters. The Hall–Kier alpha value is -1.38. The number of rotatable bonds is 11. The summed E-state index contributed by atoms with van der Waals surface area (Å²) in [6.07, 6.45) is -0.793. The molecule has 0 aliphatic carbocycles. The summed E-state index contributed by atoms with van der Waals surface area (Å²) >= 11 is 0. The zero-order valence-electron chi connectivity index (χ0n) is 12.0. The topological polar surface area (TPSA) is 108 Å². The van der Waals surface area contributed by atoms with Gasteiger partial charge in [-0.25, -0.2) is 9.59 Å². The molecule has 0 radical (unpaired) electrons. The lowest BCUT2D eigenvalue weighted by atomic mass is 10.2. The Balaban J connectivity index is 4.07. The van der Waals surface area contributed by atoms with Gasteiger partial charge in [0.25, 0.3) is 0 Å². The third-order valence-electron chi connectivity index (χ3n) is 2.61. The first-order chi connectivity index (χ1) is 9.52. The zero-order chi connectivity index (χ0) is 15.4. The molecule has 3 N–H and O–H groups in total. The number of ether oxygens (including phenoxy) is 2. The molecule has 2 amide bonds. The van der Waals surface area contributed by atoms with E-state index < -0.39 is 12.1 Å². The van der Waals surface area contributed by atoms with Crippen molar-refractivity contribution in [2.45, 2.75) is 18.9 Å². The molecule has 1 unspecified atom stereocenters. The van der Waals surface area contributed by atoms with Gasteiger partial charge in [-0.1, -0.05) is 0 Å². The molecule has 0 saturated heterocycles. The summed E-state index contributed by atoms with van der Waals surface area (Å²) in [4.78, 5) is 23.9. The number of urea groups is 1. The Morgan fingerprint density at radius 2 is 1.85 bits per heavy atom. The molecule has 20 heavy (non-hydrogen) atoms. The number of carboxylic acids is 1. The second-order valence-corrected chi connectivity index (χ2v) is 4.20. The van der Waals surface area contributed by atoms with Crippen molar-refractivity contribution >= 4 is 12.0 Å². The van der Waals surface area contributed by atoms with Gasteiger partial charge in [0.15, 0.2) is 6.10 Å². The van der Waals surface area contributed by atoms with Crippen LogP contribution in [0.4, 0.5) is 4.79 Å². The predicted molar refractivity (Wildman–Crippen MR) is 71.6 cm³/mol. The second-order valence-electron chi connectivity index (χ2n) is 4.20. The molecule has 0 aromatic rings. The molecule has 0 aromatic heterocycles. The number of methoxy groups -OCH3 is 2. The highest BCUT2D eigenvalue weighted by atomic mass is 16.5. The number of amides is 2. The lowest BCUT2D eigenvalue weighted by molar-refractivity contribution is -0.146. The molecule has 0 aromatic carbocycles. The maximum absolute atomic E-state index is 11.9. The van der Waals surface area contributed by atoms with E-state index in [2.05, 4.69) is 5.32 Å². The van der Waals surface area contributed by atoms with E-state index in [-0.39, 0.29) is 19.0 Å². The van der Waals surface area contributed by atoms with Crippen molar-refractivity contribution in [3.63, 3.8) is 0 Å². The molecule has 118 valence electrons. The Morgan fingerprint density at radius 3 is 2.40 bits per heavy atom. The van der Waals surface area contributed by atoms with Crippen molar-refractivity contribution in [1.29, 1.82) is 0 Å². The molecule has 0 heterocycles. The number of hydrogen-bond acceptors (Lipinski definition) is 5. The Morgan fingerprint density at radius 1 is 1.20 bits per heavy atom. The number of carboxylic acid groups (broad SMARTS) is 1. The summed E-state index contributed by atoms with van der Waals surface area (Å²) < 4.78 is 9.86. The Bertz CT molecular complexity index is 287. The van der Waals surface area contributed by atoms with Crippen molar-refractivity contribution in [3.05, 3.63) is 0 Å². The number of hydrogen-bond donors (Lipinski definition) is 3. The van der Waals surface area contributed by atoms with Gasteiger partial charge in [-0.3, -0.25) is 0 Å². The maximum Gasteiger partial charge on any atom is 0.332 e. The average Bonchev–Trinajstić information content (AvgIpc) is 2.42. The molecule has 0 rings (SSSR count). The second kappa shape index (κ2) is 11.4. The van der Waals surface area contributed by atoms with Gasteiger partial charge in [0.1, 0.15) is 0 Å². The quantitative estimate of drug-likeness (QED) is 0.444. The van der Waals surface area contributed by atoms with Crippen LogP contribution in [0.15, 0.2) is 0 Å². The summed E-state index contributed by atoms with van der Waals surface area (Å²) in [5.74, 6) is -1.30. The van der Waals surface area contributed by atoms with E-state index >= 15 is 0 Å². The van der Waals surface area contributed by atoms with E-state index in [1.54, 1.807) is 19.1 Å². The highest BCUT2D eigenvalue weighted by molar-refractivity contribution is 5.74. The van der Waals surface area contributed by atoms with Gasteiger partial charge in [-0.2, -0.15) is 0 Å². The molecule has 0 fully saturated rings. The molecule has 0 bridgehead atoms. The van der Waals surface area contributed by atoms with Crippen LogP contribution in [-0.2, 0) is 14.3 Å². The van der Waals surface area contributed by atoms with Gasteiger partial charge < -0.3 is 29.9 Å². The third-order valence-corrected chi connectivity index (χ3v) is 2.61. The third kappa shape index (κ3) is 8.68. The van der Waals surface area contributed by atoms with E-state index in [0.717, 1.165) is 0 Å². The summed E-state index contributed by atoms with van der Waals surface area (Å²) in [5.41, 5.74) is 0. The molecule has 0 saturated carbocycles. The van der Waals surface area contributed by atoms with Gasteiger partial charge in [0, 0.05) is 46.9 Å². The fourth-order valence-corrected chi connectivity index (χ4v) is 1.47. The van der Waals surface area contributed by atoms with Gasteiger partial charge in [0.2, 0.25) is 0 Å². The zero-order valence-corrected chi connectivity index (χ0v) is 12.0. The minimum atomic E-state index is -1.46. The van der Waals surface area contributed by atoms with Gasteiger partial charge in [-0.05, 0) is 6.42 Å². The van der Waals surface area contributed by atoms with Gasteiger partial charge in [0.05, 0.1) is 6.61 Å². The fourth-order valence-electron chi connectivity index (χ4n) is 1.47. The summed E-state index contributed by atoms with van der Waals surface area (Å²) in [5, 5.41) is 20.2. The highest BCUT2D eigenvalue weighted by Crippen LogP contribution is 1.96. The number of aliphatic hydroxyl groups is 1. The van der Waals surface area contributed by atoms with Crippen LogP contribution in [0.25, 0.3) is 0 Å². The van der Waals surface area contributed by atoms with Crippen molar-refractivity contribution < 1.29 is 29.3 Å². The maximum atomic E-state index is 11.9. The van der Waals surface area contributed by atoms with Crippen molar-refractivity contribution in [3.8, 4) is 0 Å². The van der Waals surface area contributed by atoms with Crippen LogP contribution in [0.1, 0.15) is 12.8 Å². The number of aliphatic hydroxyl groups excluding tert-OH is 1. The van der Waals surface area contributed by atoms with E-state index in [4.69, 9.17) is 19.7 Å². The molecular formula is C12H24N2O6. The van der Waals surface area contributed by atoms with Crippen molar-refractivity contribution in [2.24, 2.45) is 0 Å². The van der Waals surface area contributed by atoms with E-state index in [1.807, 2.05) is 0 Å². The van der Waals surface area contributed by atoms with E-state index in [0.29, 0.717) is 32.7 Å². The van der Waals surface area contributed by atoms with Crippen LogP contribution in [-0.4, -0.2) is 80.3 Å². The van der Waals surface area contributed by atoms with Crippen LogP contribution >= 0.6 is 0 Å². The minimum Gasteiger partial charge on any atom is -0.479 e. The van der Waals surface area contributed by atoms with Crippen LogP contribution in [0.3, 0.4) is 0 Å². The smallest absolute Gasteiger partial charge is 0.332 e. The molecule has 8 nitrogen and oxygen atoms in total. The average molecular weight is 292 g/mol. The van der Waals surface area contributed by atoms with Crippen LogP contribution in [0, 0.1) is 0 Å². The minimum absolute atomic E-state index is 0.0305. The SMILES string of the molecule is COCCCN(CCOC)C(=O)NCCC(O)C(=O)O. The van der Waals surface area contributed by atoms with Crippen molar-refractivity contribution in [1.82, 2.24) is 10.2 Å². The Labute approximate surface area is 118 Å². The first-order valence-corrected chi connectivity index (χ1v) is 6.44. The normalized spacial score (nSPS) is 11.9. The molecule has 0 spiro atoms. The lowest BCUT2D eigenvalue weighted by Crippen LogP contribution is -2.43. The number of aliphatic carboxylic acids is 1. The summed E-state index contributed by atoms with van der Waals surface area (Å²) in [6.45, 7) is 2.02. The number of nitrogens with one attached hydrogen (secondary N) is 1. The van der Waals surface area contributed by atoms with E-state index in [1.165, 1.54) is 0 Å². The fraction of sp³-hybridized carbons (Fsp3) is 0.833. The molecule has 8 heteroatoms. The lowest BCUT2D eigenvalue weighted by Gasteiger charge is -2.22. The van der Waals surface area contributed by atoms with Gasteiger partial charge >= 0.3 is 12.0 Å². The predicted octanol–water partition coefficient (Wildman–Crippen LogP) is -0.483. The Kier molecular flexibility index (Phi) is 10.7. The van der Waals surface area contributed by atoms with E-state index in [9.17, 15) is 9.59 Å². The number of nitrogens with zero attached hydrogens (tertiary/aromatic N) is 1. The molecule has 0 aliphatic rings. The van der Waals surface area contributed by atoms with Crippen LogP contribution in [0.5, 0.6) is 0 Å². The van der Waals surface area contributed by atoms with Crippen LogP contribution in [0.2, 0.25) is 0 Å². The molecular weight excluding hydrogens is 268 g/mol. The van der Waals surface area contributed by atoms with Crippen molar-refractivity contribution in [2.75, 3.05) is 47.1 Å². The first kappa shape index (κ1) is 18.6. The largest absolute Gasteiger partial charge is 0.479 e. The summed E-state index contributed by atoms with van der Waals surface area (Å²) in [6, 6.07) is -0.309. The monoisotopic (exact) mass is 292 g/mol.